The maximum atomic E-state index is 13.4. The predicted molar refractivity (Wildman–Crippen MR) is 115 cm³/mol. The summed E-state index contributed by atoms with van der Waals surface area (Å²) in [7, 11) is 1.92. The van der Waals surface area contributed by atoms with E-state index in [1.54, 1.807) is 6.92 Å². The summed E-state index contributed by atoms with van der Waals surface area (Å²) in [5.74, 6) is -0.961. The number of rotatable bonds is 3. The number of aryl methyl sites for hydroxylation is 2. The SMILES string of the molecule is Cc1sc(C#N)c(C)c1C1=C(c2c(C)n(C)c3ccccc23)C(=O)N(CC#N)C1=O. The van der Waals surface area contributed by atoms with Gasteiger partial charge in [-0.2, -0.15) is 10.5 Å². The summed E-state index contributed by atoms with van der Waals surface area (Å²) in [6, 6.07) is 11.8. The van der Waals surface area contributed by atoms with E-state index in [-0.39, 0.29) is 12.1 Å². The molecule has 148 valence electrons. The predicted octanol–water partition coefficient (Wildman–Crippen LogP) is 3.84. The van der Waals surface area contributed by atoms with Gasteiger partial charge in [-0.1, -0.05) is 18.2 Å². The third kappa shape index (κ3) is 2.53. The van der Waals surface area contributed by atoms with Gasteiger partial charge in [0.1, 0.15) is 17.5 Å². The Balaban J connectivity index is 2.14. The minimum Gasteiger partial charge on any atom is -0.347 e. The number of nitrogens with zero attached hydrogens (tertiary/aromatic N) is 4. The summed E-state index contributed by atoms with van der Waals surface area (Å²) in [4.78, 5) is 29.1. The fourth-order valence-corrected chi connectivity index (χ4v) is 5.18. The van der Waals surface area contributed by atoms with Crippen LogP contribution in [-0.2, 0) is 16.6 Å². The number of hydrogen-bond acceptors (Lipinski definition) is 5. The highest BCUT2D eigenvalue weighted by molar-refractivity contribution is 7.13. The van der Waals surface area contributed by atoms with E-state index in [1.807, 2.05) is 55.8 Å². The van der Waals surface area contributed by atoms with Crippen molar-refractivity contribution in [1.82, 2.24) is 9.47 Å². The number of benzene rings is 1. The summed E-state index contributed by atoms with van der Waals surface area (Å²) in [6.07, 6.45) is 0. The molecule has 1 aromatic carbocycles. The first-order chi connectivity index (χ1) is 14.3. The van der Waals surface area contributed by atoms with Crippen LogP contribution < -0.4 is 0 Å². The molecule has 7 heteroatoms. The molecule has 0 atom stereocenters. The monoisotopic (exact) mass is 414 g/mol. The molecule has 30 heavy (non-hydrogen) atoms. The summed E-state index contributed by atoms with van der Waals surface area (Å²) in [6.45, 7) is 5.24. The lowest BCUT2D eigenvalue weighted by molar-refractivity contribution is -0.135. The maximum absolute atomic E-state index is 13.4. The van der Waals surface area contributed by atoms with Gasteiger partial charge in [-0.05, 0) is 32.4 Å². The van der Waals surface area contributed by atoms with Crippen LogP contribution in [0.2, 0.25) is 0 Å². The molecule has 1 aliphatic heterocycles. The quantitative estimate of drug-likeness (QED) is 0.481. The molecule has 0 radical (unpaired) electrons. The molecular formula is C23H18N4O2S. The van der Waals surface area contributed by atoms with E-state index in [0.29, 0.717) is 27.1 Å². The van der Waals surface area contributed by atoms with Crippen LogP contribution in [0.3, 0.4) is 0 Å². The molecule has 0 N–H and O–H groups in total. The molecule has 0 spiro atoms. The molecule has 0 bridgehead atoms. The first-order valence-electron chi connectivity index (χ1n) is 9.35. The Morgan fingerprint density at radius 1 is 1.00 bits per heavy atom. The Morgan fingerprint density at radius 3 is 2.23 bits per heavy atom. The second-order valence-electron chi connectivity index (χ2n) is 7.24. The number of para-hydroxylation sites is 1. The summed E-state index contributed by atoms with van der Waals surface area (Å²) in [5, 5.41) is 19.5. The lowest BCUT2D eigenvalue weighted by Crippen LogP contribution is -2.31. The highest BCUT2D eigenvalue weighted by atomic mass is 32.1. The zero-order valence-corrected chi connectivity index (χ0v) is 17.8. The highest BCUT2D eigenvalue weighted by Gasteiger charge is 2.42. The van der Waals surface area contributed by atoms with Crippen LogP contribution in [0.4, 0.5) is 0 Å². The van der Waals surface area contributed by atoms with E-state index in [9.17, 15) is 20.1 Å². The number of thiophene rings is 1. The summed E-state index contributed by atoms with van der Waals surface area (Å²) >= 11 is 1.31. The minimum atomic E-state index is -0.489. The van der Waals surface area contributed by atoms with E-state index >= 15 is 0 Å². The first kappa shape index (κ1) is 19.6. The van der Waals surface area contributed by atoms with Crippen LogP contribution in [0.1, 0.15) is 32.1 Å². The van der Waals surface area contributed by atoms with Crippen LogP contribution in [0.5, 0.6) is 0 Å². The molecule has 4 rings (SSSR count). The third-order valence-corrected chi connectivity index (χ3v) is 6.83. The minimum absolute atomic E-state index is 0.280. The highest BCUT2D eigenvalue weighted by Crippen LogP contribution is 2.44. The Bertz CT molecular complexity index is 1370. The fourth-order valence-electron chi connectivity index (χ4n) is 4.22. The maximum Gasteiger partial charge on any atom is 0.263 e. The van der Waals surface area contributed by atoms with Crippen LogP contribution in [-0.4, -0.2) is 27.8 Å². The normalized spacial score (nSPS) is 14.0. The van der Waals surface area contributed by atoms with Gasteiger partial charge in [-0.3, -0.25) is 14.5 Å². The molecule has 3 aromatic rings. The summed E-state index contributed by atoms with van der Waals surface area (Å²) in [5.41, 5.74) is 4.40. The molecule has 1 aliphatic rings. The Hall–Kier alpha value is -3.68. The number of carbonyl (C=O) groups is 2. The van der Waals surface area contributed by atoms with Crippen LogP contribution in [0, 0.1) is 43.4 Å². The molecule has 2 amide bonds. The second-order valence-corrected chi connectivity index (χ2v) is 8.47. The van der Waals surface area contributed by atoms with E-state index in [0.717, 1.165) is 26.4 Å². The average molecular weight is 414 g/mol. The number of imide groups is 1. The Morgan fingerprint density at radius 2 is 1.63 bits per heavy atom. The van der Waals surface area contributed by atoms with Crippen molar-refractivity contribution in [1.29, 1.82) is 10.5 Å². The summed E-state index contributed by atoms with van der Waals surface area (Å²) < 4.78 is 1.99. The van der Waals surface area contributed by atoms with Gasteiger partial charge in [0.05, 0.1) is 17.2 Å². The van der Waals surface area contributed by atoms with Crippen molar-refractivity contribution in [2.75, 3.05) is 6.54 Å². The Kier molecular flexibility index (Phi) is 4.57. The molecule has 6 nitrogen and oxygen atoms in total. The van der Waals surface area contributed by atoms with Crippen LogP contribution in [0.15, 0.2) is 24.3 Å². The molecule has 0 saturated carbocycles. The van der Waals surface area contributed by atoms with Crippen molar-refractivity contribution in [3.63, 3.8) is 0 Å². The molecule has 0 aliphatic carbocycles. The molecule has 2 aromatic heterocycles. The lowest BCUT2D eigenvalue weighted by Gasteiger charge is -2.10. The number of carbonyl (C=O) groups excluding carboxylic acids is 2. The van der Waals surface area contributed by atoms with Crippen molar-refractivity contribution in [2.24, 2.45) is 7.05 Å². The van der Waals surface area contributed by atoms with E-state index in [4.69, 9.17) is 0 Å². The van der Waals surface area contributed by atoms with Gasteiger partial charge >= 0.3 is 0 Å². The number of hydrogen-bond donors (Lipinski definition) is 0. The van der Waals surface area contributed by atoms with Gasteiger partial charge in [0.25, 0.3) is 11.8 Å². The molecule has 3 heterocycles. The van der Waals surface area contributed by atoms with E-state index in [1.165, 1.54) is 11.3 Å². The van der Waals surface area contributed by atoms with E-state index in [2.05, 4.69) is 6.07 Å². The second kappa shape index (κ2) is 6.98. The third-order valence-electron chi connectivity index (χ3n) is 5.72. The topological polar surface area (TPSA) is 89.9 Å². The van der Waals surface area contributed by atoms with Gasteiger partial charge in [0, 0.05) is 39.6 Å². The number of aromatic nitrogens is 1. The van der Waals surface area contributed by atoms with Crippen molar-refractivity contribution in [2.45, 2.75) is 20.8 Å². The van der Waals surface area contributed by atoms with Gasteiger partial charge in [0.2, 0.25) is 0 Å². The van der Waals surface area contributed by atoms with Crippen LogP contribution in [0.25, 0.3) is 22.0 Å². The van der Waals surface area contributed by atoms with Crippen molar-refractivity contribution < 1.29 is 9.59 Å². The first-order valence-corrected chi connectivity index (χ1v) is 10.2. The van der Waals surface area contributed by atoms with Crippen molar-refractivity contribution in [3.05, 3.63) is 56.4 Å². The van der Waals surface area contributed by atoms with Gasteiger partial charge in [-0.15, -0.1) is 11.3 Å². The Labute approximate surface area is 177 Å². The smallest absolute Gasteiger partial charge is 0.263 e. The van der Waals surface area contributed by atoms with Gasteiger partial charge < -0.3 is 4.57 Å². The van der Waals surface area contributed by atoms with Gasteiger partial charge in [0.15, 0.2) is 0 Å². The average Bonchev–Trinajstić information content (AvgIpc) is 3.25. The van der Waals surface area contributed by atoms with Crippen molar-refractivity contribution in [3.8, 4) is 12.1 Å². The fraction of sp³-hybridized carbons (Fsp3) is 0.217. The van der Waals surface area contributed by atoms with Gasteiger partial charge in [-0.25, -0.2) is 0 Å². The zero-order chi connectivity index (χ0) is 21.7. The standard InChI is InChI=1S/C23H18N4O2S/c1-12-17(11-25)30-14(3)18(12)20-21(23(29)27(10-9-24)22(20)28)19-13(2)26(4)16-8-6-5-7-15(16)19/h5-8H,10H2,1-4H3. The molecule has 0 saturated heterocycles. The van der Waals surface area contributed by atoms with Crippen molar-refractivity contribution >= 4 is 45.2 Å². The zero-order valence-electron chi connectivity index (χ0n) is 17.0. The number of nitriles is 2. The molecular weight excluding hydrogens is 396 g/mol. The molecule has 0 fully saturated rings. The lowest BCUT2D eigenvalue weighted by atomic mass is 9.92. The van der Waals surface area contributed by atoms with Crippen LogP contribution >= 0.6 is 11.3 Å². The largest absolute Gasteiger partial charge is 0.347 e. The molecule has 0 unspecified atom stereocenters. The number of amides is 2. The number of fused-ring (bicyclic) bond motifs is 1. The van der Waals surface area contributed by atoms with E-state index < -0.39 is 11.8 Å².